The molecule has 0 aliphatic carbocycles. The topological polar surface area (TPSA) is 57.4 Å². The van der Waals surface area contributed by atoms with Crippen LogP contribution in [0.3, 0.4) is 0 Å². The fourth-order valence-corrected chi connectivity index (χ4v) is 1.33. The number of aromatic amines is 2. The summed E-state index contributed by atoms with van der Waals surface area (Å²) >= 11 is 0. The Morgan fingerprint density at radius 2 is 1.46 bits per heavy atom. The number of aromatic nitrogens is 4. The lowest BCUT2D eigenvalue weighted by Gasteiger charge is -1.92. The van der Waals surface area contributed by atoms with Crippen molar-refractivity contribution in [1.82, 2.24) is 19.9 Å². The number of hydrogen-bond acceptors (Lipinski definition) is 2. The minimum atomic E-state index is 0.835. The molecule has 0 aromatic carbocycles. The lowest BCUT2D eigenvalue weighted by Crippen LogP contribution is -1.88. The van der Waals surface area contributed by atoms with Gasteiger partial charge in [0.2, 0.25) is 0 Å². The summed E-state index contributed by atoms with van der Waals surface area (Å²) in [6.45, 7) is 3.89. The van der Waals surface area contributed by atoms with Crippen molar-refractivity contribution >= 4 is 0 Å². The molecule has 0 amide bonds. The van der Waals surface area contributed by atoms with Crippen molar-refractivity contribution in [3.05, 3.63) is 35.4 Å². The van der Waals surface area contributed by atoms with E-state index in [1.54, 1.807) is 0 Å². The average molecular weight is 176 g/mol. The first-order chi connectivity index (χ1) is 6.24. The zero-order valence-electron chi connectivity index (χ0n) is 7.76. The Morgan fingerprint density at radius 3 is 1.77 bits per heavy atom. The number of hydrogen-bond donors (Lipinski definition) is 2. The van der Waals surface area contributed by atoms with Crippen LogP contribution in [0, 0.1) is 13.8 Å². The molecule has 2 rings (SSSR count). The van der Waals surface area contributed by atoms with E-state index in [1.165, 1.54) is 0 Å². The molecule has 4 heteroatoms. The third kappa shape index (κ3) is 1.77. The van der Waals surface area contributed by atoms with Crippen LogP contribution >= 0.6 is 0 Å². The van der Waals surface area contributed by atoms with Gasteiger partial charge in [-0.05, 0) is 13.8 Å². The van der Waals surface area contributed by atoms with Crippen LogP contribution in [0.5, 0.6) is 0 Å². The molecule has 2 aromatic rings. The van der Waals surface area contributed by atoms with Crippen molar-refractivity contribution in [2.75, 3.05) is 0 Å². The van der Waals surface area contributed by atoms with Crippen molar-refractivity contribution in [3.8, 4) is 0 Å². The highest BCUT2D eigenvalue weighted by Crippen LogP contribution is 2.04. The van der Waals surface area contributed by atoms with Gasteiger partial charge in [-0.2, -0.15) is 0 Å². The van der Waals surface area contributed by atoms with E-state index in [4.69, 9.17) is 0 Å². The maximum Gasteiger partial charge on any atom is 0.103 e. The normalized spacial score (nSPS) is 10.6. The molecule has 0 fully saturated rings. The molecule has 0 unspecified atom stereocenters. The molecule has 13 heavy (non-hydrogen) atoms. The second-order valence-corrected chi connectivity index (χ2v) is 3.16. The maximum absolute atomic E-state index is 4.13. The maximum atomic E-state index is 4.13. The number of nitrogens with zero attached hydrogens (tertiary/aromatic N) is 2. The zero-order chi connectivity index (χ0) is 9.26. The van der Waals surface area contributed by atoms with Crippen molar-refractivity contribution in [2.45, 2.75) is 20.3 Å². The second-order valence-electron chi connectivity index (χ2n) is 3.16. The summed E-state index contributed by atoms with van der Waals surface area (Å²) in [4.78, 5) is 14.6. The first-order valence-corrected chi connectivity index (χ1v) is 4.25. The van der Waals surface area contributed by atoms with Crippen LogP contribution in [0.2, 0.25) is 0 Å². The van der Waals surface area contributed by atoms with Gasteiger partial charge in [0.1, 0.15) is 11.6 Å². The Balaban J connectivity index is 2.14. The largest absolute Gasteiger partial charge is 0.346 e. The van der Waals surface area contributed by atoms with Crippen molar-refractivity contribution in [2.24, 2.45) is 0 Å². The lowest BCUT2D eigenvalue weighted by molar-refractivity contribution is 1.02. The molecule has 0 atom stereocenters. The minimum Gasteiger partial charge on any atom is -0.346 e. The van der Waals surface area contributed by atoms with Gasteiger partial charge in [0, 0.05) is 30.2 Å². The third-order valence-electron chi connectivity index (χ3n) is 1.89. The Bertz CT molecular complexity index is 361. The average Bonchev–Trinajstić information content (AvgIpc) is 2.62. The fourth-order valence-electron chi connectivity index (χ4n) is 1.33. The molecule has 0 saturated heterocycles. The van der Waals surface area contributed by atoms with E-state index >= 15 is 0 Å². The Hall–Kier alpha value is -1.58. The quantitative estimate of drug-likeness (QED) is 0.725. The number of aryl methyl sites for hydroxylation is 2. The van der Waals surface area contributed by atoms with Gasteiger partial charge in [0.15, 0.2) is 0 Å². The van der Waals surface area contributed by atoms with Gasteiger partial charge < -0.3 is 9.97 Å². The van der Waals surface area contributed by atoms with Gasteiger partial charge in [-0.25, -0.2) is 9.97 Å². The van der Waals surface area contributed by atoms with E-state index in [1.807, 2.05) is 26.2 Å². The van der Waals surface area contributed by atoms with E-state index < -0.39 is 0 Å². The lowest BCUT2D eigenvalue weighted by atomic mass is 10.3. The Kier molecular flexibility index (Phi) is 1.88. The van der Waals surface area contributed by atoms with Crippen LogP contribution in [0.4, 0.5) is 0 Å². The molecule has 0 radical (unpaired) electrons. The first kappa shape index (κ1) is 8.04. The number of H-pyrrole nitrogens is 2. The minimum absolute atomic E-state index is 0.835. The molecule has 0 saturated carbocycles. The molecular weight excluding hydrogens is 164 g/mol. The SMILES string of the molecule is Cc1ncc(Cc2cnc(C)[nH]2)[nH]1. The van der Waals surface area contributed by atoms with Gasteiger partial charge >= 0.3 is 0 Å². The highest BCUT2D eigenvalue weighted by Gasteiger charge is 2.00. The molecule has 0 aliphatic rings. The van der Waals surface area contributed by atoms with Gasteiger partial charge in [0.05, 0.1) is 0 Å². The zero-order valence-corrected chi connectivity index (χ0v) is 7.76. The van der Waals surface area contributed by atoms with E-state index in [9.17, 15) is 0 Å². The summed E-state index contributed by atoms with van der Waals surface area (Å²) in [5, 5.41) is 0. The predicted octanol–water partition coefficient (Wildman–Crippen LogP) is 1.34. The molecule has 0 spiro atoms. The van der Waals surface area contributed by atoms with Crippen LogP contribution in [0.25, 0.3) is 0 Å². The van der Waals surface area contributed by atoms with E-state index in [-0.39, 0.29) is 0 Å². The molecule has 68 valence electrons. The third-order valence-corrected chi connectivity index (χ3v) is 1.89. The van der Waals surface area contributed by atoms with Crippen LogP contribution in [0.1, 0.15) is 23.0 Å². The molecule has 4 nitrogen and oxygen atoms in total. The van der Waals surface area contributed by atoms with Gasteiger partial charge in [0.25, 0.3) is 0 Å². The first-order valence-electron chi connectivity index (χ1n) is 4.25. The molecule has 2 N–H and O–H groups in total. The van der Waals surface area contributed by atoms with Crippen LogP contribution < -0.4 is 0 Å². The van der Waals surface area contributed by atoms with E-state index in [2.05, 4.69) is 19.9 Å². The number of nitrogens with one attached hydrogen (secondary N) is 2. The summed E-state index contributed by atoms with van der Waals surface area (Å²) in [5.41, 5.74) is 2.22. The second kappa shape index (κ2) is 3.05. The van der Waals surface area contributed by atoms with Crippen molar-refractivity contribution in [3.63, 3.8) is 0 Å². The summed E-state index contributed by atoms with van der Waals surface area (Å²) in [6.07, 6.45) is 4.54. The fraction of sp³-hybridized carbons (Fsp3) is 0.333. The van der Waals surface area contributed by atoms with Gasteiger partial charge in [-0.1, -0.05) is 0 Å². The van der Waals surface area contributed by atoms with Gasteiger partial charge in [-0.3, -0.25) is 0 Å². The number of imidazole rings is 2. The highest BCUT2D eigenvalue weighted by molar-refractivity contribution is 5.12. The Labute approximate surface area is 76.4 Å². The molecule has 0 bridgehead atoms. The molecule has 2 aromatic heterocycles. The Morgan fingerprint density at radius 1 is 1.00 bits per heavy atom. The molecule has 0 aliphatic heterocycles. The summed E-state index contributed by atoms with van der Waals surface area (Å²) < 4.78 is 0. The number of rotatable bonds is 2. The van der Waals surface area contributed by atoms with Crippen molar-refractivity contribution < 1.29 is 0 Å². The summed E-state index contributed by atoms with van der Waals surface area (Å²) in [5.74, 6) is 1.90. The standard InChI is InChI=1S/C9H12N4/c1-6-10-4-8(12-6)3-9-5-11-7(2)13-9/h4-5H,3H2,1-2H3,(H,10,12)(H,11,13). The smallest absolute Gasteiger partial charge is 0.103 e. The van der Waals surface area contributed by atoms with E-state index in [0.717, 1.165) is 29.5 Å². The monoisotopic (exact) mass is 176 g/mol. The summed E-state index contributed by atoms with van der Waals surface area (Å²) in [7, 11) is 0. The predicted molar refractivity (Wildman–Crippen MR) is 49.5 cm³/mol. The van der Waals surface area contributed by atoms with Crippen LogP contribution in [0.15, 0.2) is 12.4 Å². The van der Waals surface area contributed by atoms with Crippen molar-refractivity contribution in [1.29, 1.82) is 0 Å². The van der Waals surface area contributed by atoms with Crippen LogP contribution in [-0.2, 0) is 6.42 Å². The van der Waals surface area contributed by atoms with Crippen LogP contribution in [-0.4, -0.2) is 19.9 Å². The highest BCUT2D eigenvalue weighted by atomic mass is 14.9. The summed E-state index contributed by atoms with van der Waals surface area (Å²) in [6, 6.07) is 0. The molecule has 2 heterocycles. The van der Waals surface area contributed by atoms with Gasteiger partial charge in [-0.15, -0.1) is 0 Å². The van der Waals surface area contributed by atoms with E-state index in [0.29, 0.717) is 0 Å². The molecular formula is C9H12N4.